The molecule has 1 aliphatic rings. The third kappa shape index (κ3) is 19.0. The van der Waals surface area contributed by atoms with Crippen molar-refractivity contribution >= 4 is 59.1 Å². The molecule has 1 fully saturated rings. The summed E-state index contributed by atoms with van der Waals surface area (Å²) in [6.07, 6.45) is 4.47. The van der Waals surface area contributed by atoms with Crippen LogP contribution in [-0.4, -0.2) is 152 Å². The Kier molecular flexibility index (Phi) is 25.0. The highest BCUT2D eigenvalue weighted by Gasteiger charge is 2.41. The SMILES string of the molecule is CC[C@H](C)[C@H](NC(=O)[C@H](Cc1cnc[nH]1)NC(=O)[C@@H](NC(=O)[C@@H]1CCCN1C(=O)[C@H](C)NC(=O)[C@@H](NC(=O)[C@@H](NC(=O)[C@@H](NC(=O)CCCCCNC(C)=O)C(C)C)[C@@H](C)O)C(C)C)C(C)C)C(=O)O. The molecule has 0 spiro atoms. The molecule has 1 aromatic rings. The molecule has 2 rings (SSSR count). The largest absolute Gasteiger partial charge is 0.480 e. The molecule has 394 valence electrons. The highest BCUT2D eigenvalue weighted by Crippen LogP contribution is 2.20. The average Bonchev–Trinajstić information content (AvgIpc) is 4.00. The predicted molar refractivity (Wildman–Crippen MR) is 257 cm³/mol. The maximum Gasteiger partial charge on any atom is 0.326 e. The molecule has 1 saturated heterocycles. The Morgan fingerprint density at radius 2 is 1.24 bits per heavy atom. The van der Waals surface area contributed by atoms with Gasteiger partial charge in [-0.1, -0.05) is 68.2 Å². The van der Waals surface area contributed by atoms with Gasteiger partial charge in [0, 0.05) is 44.7 Å². The van der Waals surface area contributed by atoms with Gasteiger partial charge in [0.2, 0.25) is 53.2 Å². The number of aliphatic hydroxyl groups is 1. The lowest BCUT2D eigenvalue weighted by Gasteiger charge is -2.31. The molecule has 2 heterocycles. The number of carbonyl (C=O) groups is 10. The van der Waals surface area contributed by atoms with Crippen molar-refractivity contribution in [2.75, 3.05) is 13.1 Å². The Morgan fingerprint density at radius 1 is 0.700 bits per heavy atom. The summed E-state index contributed by atoms with van der Waals surface area (Å²) in [4.78, 5) is 140. The first kappa shape index (κ1) is 60.0. The van der Waals surface area contributed by atoms with E-state index in [1.54, 1.807) is 55.4 Å². The fourth-order valence-corrected chi connectivity index (χ4v) is 7.78. The van der Waals surface area contributed by atoms with Crippen LogP contribution in [0.3, 0.4) is 0 Å². The molecular weight excluding hydrogens is 911 g/mol. The maximum atomic E-state index is 13.9. The van der Waals surface area contributed by atoms with E-state index in [1.807, 2.05) is 0 Å². The van der Waals surface area contributed by atoms with E-state index in [4.69, 9.17) is 0 Å². The second-order valence-corrected chi connectivity index (χ2v) is 19.2. The van der Waals surface area contributed by atoms with E-state index in [-0.39, 0.29) is 37.6 Å². The summed E-state index contributed by atoms with van der Waals surface area (Å²) < 4.78 is 0. The van der Waals surface area contributed by atoms with Crippen molar-refractivity contribution in [3.63, 3.8) is 0 Å². The first-order valence-corrected chi connectivity index (χ1v) is 24.4. The monoisotopic (exact) mass is 990 g/mol. The molecule has 11 N–H and O–H groups in total. The predicted octanol–water partition coefficient (Wildman–Crippen LogP) is -0.467. The van der Waals surface area contributed by atoms with Crippen molar-refractivity contribution in [2.24, 2.45) is 23.7 Å². The summed E-state index contributed by atoms with van der Waals surface area (Å²) in [6.45, 7) is 18.3. The van der Waals surface area contributed by atoms with Crippen LogP contribution in [0.1, 0.15) is 127 Å². The van der Waals surface area contributed by atoms with Gasteiger partial charge < -0.3 is 62.6 Å². The number of hydrogen-bond donors (Lipinski definition) is 11. The molecule has 0 unspecified atom stereocenters. The molecule has 0 saturated carbocycles. The number of carboxylic acid groups (broad SMARTS) is 1. The lowest BCUT2D eigenvalue weighted by Crippen LogP contribution is -2.62. The first-order valence-electron chi connectivity index (χ1n) is 24.4. The van der Waals surface area contributed by atoms with Crippen molar-refractivity contribution in [3.8, 4) is 0 Å². The lowest BCUT2D eigenvalue weighted by molar-refractivity contribution is -0.144. The zero-order valence-corrected chi connectivity index (χ0v) is 42.6. The highest BCUT2D eigenvalue weighted by molar-refractivity contribution is 5.98. The molecule has 1 aromatic heterocycles. The van der Waals surface area contributed by atoms with Crippen LogP contribution < -0.4 is 42.5 Å². The minimum Gasteiger partial charge on any atom is -0.480 e. The molecule has 0 radical (unpaired) electrons. The summed E-state index contributed by atoms with van der Waals surface area (Å²) >= 11 is 0. The molecule has 9 amide bonds. The van der Waals surface area contributed by atoms with Gasteiger partial charge in [-0.25, -0.2) is 9.78 Å². The van der Waals surface area contributed by atoms with E-state index in [0.29, 0.717) is 44.3 Å². The summed E-state index contributed by atoms with van der Waals surface area (Å²) in [5, 5.41) is 41.4. The number of rotatable bonds is 29. The van der Waals surface area contributed by atoms with Crippen LogP contribution >= 0.6 is 0 Å². The van der Waals surface area contributed by atoms with E-state index < -0.39 is 125 Å². The molecule has 70 heavy (non-hydrogen) atoms. The summed E-state index contributed by atoms with van der Waals surface area (Å²) in [7, 11) is 0. The number of unbranched alkanes of at least 4 members (excludes halogenated alkanes) is 2. The van der Waals surface area contributed by atoms with E-state index >= 15 is 0 Å². The van der Waals surface area contributed by atoms with Gasteiger partial charge in [0.25, 0.3) is 0 Å². The van der Waals surface area contributed by atoms with E-state index in [2.05, 4.69) is 52.5 Å². The number of aliphatic carboxylic acids is 1. The summed E-state index contributed by atoms with van der Waals surface area (Å²) in [5.74, 6) is -8.76. The van der Waals surface area contributed by atoms with Gasteiger partial charge in [-0.3, -0.25) is 43.2 Å². The summed E-state index contributed by atoms with van der Waals surface area (Å²) in [5.41, 5.74) is 0.483. The molecule has 0 aliphatic carbocycles. The molecule has 0 aromatic carbocycles. The fourth-order valence-electron chi connectivity index (χ4n) is 7.78. The van der Waals surface area contributed by atoms with Crippen LogP contribution in [0, 0.1) is 23.7 Å². The number of amides is 9. The molecule has 23 heteroatoms. The maximum absolute atomic E-state index is 13.9. The molecule has 0 bridgehead atoms. The second-order valence-electron chi connectivity index (χ2n) is 19.2. The van der Waals surface area contributed by atoms with Crippen LogP contribution in [0.25, 0.3) is 0 Å². The van der Waals surface area contributed by atoms with Crippen LogP contribution in [0.15, 0.2) is 12.5 Å². The Labute approximate surface area is 410 Å². The zero-order valence-electron chi connectivity index (χ0n) is 42.6. The molecule has 10 atom stereocenters. The third-order valence-corrected chi connectivity index (χ3v) is 12.2. The zero-order chi connectivity index (χ0) is 53.0. The highest BCUT2D eigenvalue weighted by atomic mass is 16.4. The lowest BCUT2D eigenvalue weighted by atomic mass is 9.98. The normalized spacial score (nSPS) is 17.4. The van der Waals surface area contributed by atoms with E-state index in [0.717, 1.165) is 0 Å². The minimum atomic E-state index is -1.54. The van der Waals surface area contributed by atoms with Gasteiger partial charge in [0.05, 0.1) is 12.4 Å². The van der Waals surface area contributed by atoms with Gasteiger partial charge >= 0.3 is 5.97 Å². The van der Waals surface area contributed by atoms with Gasteiger partial charge in [0.1, 0.15) is 48.3 Å². The molecule has 1 aliphatic heterocycles. The fraction of sp³-hybridized carbons (Fsp3) is 0.723. The second kappa shape index (κ2) is 29.1. The Balaban J connectivity index is 2.14. The number of carbonyl (C=O) groups excluding carboxylic acids is 9. The number of carboxylic acids is 1. The van der Waals surface area contributed by atoms with Crippen LogP contribution in [0.5, 0.6) is 0 Å². The van der Waals surface area contributed by atoms with E-state index in [9.17, 15) is 58.2 Å². The Bertz CT molecular complexity index is 1940. The summed E-state index contributed by atoms with van der Waals surface area (Å²) in [6, 6.07) is -9.74. The van der Waals surface area contributed by atoms with Gasteiger partial charge in [0.15, 0.2) is 0 Å². The number of imidazole rings is 1. The number of nitrogens with zero attached hydrogens (tertiary/aromatic N) is 2. The van der Waals surface area contributed by atoms with Crippen molar-refractivity contribution in [1.29, 1.82) is 0 Å². The van der Waals surface area contributed by atoms with Gasteiger partial charge in [-0.05, 0) is 63.2 Å². The van der Waals surface area contributed by atoms with Crippen molar-refractivity contribution < 1.29 is 58.2 Å². The smallest absolute Gasteiger partial charge is 0.326 e. The Morgan fingerprint density at radius 3 is 1.79 bits per heavy atom. The quantitative estimate of drug-likeness (QED) is 0.0453. The van der Waals surface area contributed by atoms with Crippen molar-refractivity contribution in [1.82, 2.24) is 57.4 Å². The van der Waals surface area contributed by atoms with Gasteiger partial charge in [-0.2, -0.15) is 0 Å². The average molecular weight is 990 g/mol. The third-order valence-electron chi connectivity index (χ3n) is 12.2. The van der Waals surface area contributed by atoms with Crippen LogP contribution in [-0.2, 0) is 54.4 Å². The molecular formula is C47H79N11O12. The van der Waals surface area contributed by atoms with Crippen LogP contribution in [0.4, 0.5) is 0 Å². The Hall–Kier alpha value is -6.13. The van der Waals surface area contributed by atoms with E-state index in [1.165, 1.54) is 38.2 Å². The molecule has 23 nitrogen and oxygen atoms in total. The van der Waals surface area contributed by atoms with Gasteiger partial charge in [-0.15, -0.1) is 0 Å². The number of aliphatic hydroxyl groups excluding tert-OH is 1. The number of nitrogens with one attached hydrogen (secondary N) is 9. The van der Waals surface area contributed by atoms with Crippen LogP contribution in [0.2, 0.25) is 0 Å². The minimum absolute atomic E-state index is 0.0673. The number of aromatic amines is 1. The van der Waals surface area contributed by atoms with Crippen molar-refractivity contribution in [2.45, 2.75) is 182 Å². The number of aromatic nitrogens is 2. The standard InChI is InChI=1S/C47H79N11O12/c1-12-27(8)38(47(69)70)56-40(62)32(21-31-22-48-23-50-31)52-43(65)37(26(6)7)54-41(63)33-17-16-20-58(33)46(68)28(9)51-42(64)36(25(4)5)55-45(67)39(29(10)59)57-44(66)35(24(2)3)53-34(61)18-14-13-15-19-49-30(11)60/h22-29,32-33,35-39,59H,12-21H2,1-11H3,(H,48,50)(H,49,60)(H,51,64)(H,52,65)(H,53,61)(H,54,63)(H,55,67)(H,56,62)(H,57,66)(H,69,70)/t27-,28-,29+,32-,33-,35-,36-,37-,38-,39-/m0/s1. The number of H-pyrrole nitrogens is 1. The topological polar surface area (TPSA) is 339 Å². The number of likely N-dealkylation sites (tertiary alicyclic amines) is 1. The first-order chi connectivity index (χ1) is 32.8. The number of hydrogen-bond acceptors (Lipinski definition) is 12. The van der Waals surface area contributed by atoms with Crippen molar-refractivity contribution in [3.05, 3.63) is 18.2 Å².